The van der Waals surface area contributed by atoms with Crippen molar-refractivity contribution in [3.8, 4) is 5.75 Å². The van der Waals surface area contributed by atoms with Crippen LogP contribution >= 0.6 is 12.6 Å². The number of ether oxygens (including phenoxy) is 1. The number of rotatable bonds is 4. The lowest BCUT2D eigenvalue weighted by molar-refractivity contribution is 0.371. The Balaban J connectivity index is 2.96. The van der Waals surface area contributed by atoms with Crippen LogP contribution in [-0.4, -0.2) is 12.9 Å². The molecular formula is C11H12F2OS. The Morgan fingerprint density at radius 2 is 2.07 bits per heavy atom. The lowest BCUT2D eigenvalue weighted by atomic mass is 10.1. The van der Waals surface area contributed by atoms with Crippen LogP contribution in [0.3, 0.4) is 0 Å². The fourth-order valence-electron chi connectivity index (χ4n) is 1.12. The minimum absolute atomic E-state index is 0.0844. The van der Waals surface area contributed by atoms with Crippen molar-refractivity contribution in [3.05, 3.63) is 35.4 Å². The largest absolute Gasteiger partial charge is 0.494 e. The minimum Gasteiger partial charge on any atom is -0.494 e. The molecule has 0 saturated carbocycles. The first-order valence-corrected chi connectivity index (χ1v) is 5.13. The first-order chi connectivity index (χ1) is 7.20. The van der Waals surface area contributed by atoms with Crippen LogP contribution in [0.5, 0.6) is 5.75 Å². The lowest BCUT2D eigenvalue weighted by Crippen LogP contribution is -1.94. The van der Waals surface area contributed by atoms with Gasteiger partial charge in [0.1, 0.15) is 0 Å². The van der Waals surface area contributed by atoms with Gasteiger partial charge in [0.2, 0.25) is 5.82 Å². The van der Waals surface area contributed by atoms with Gasteiger partial charge in [-0.25, -0.2) is 4.39 Å². The second-order valence-corrected chi connectivity index (χ2v) is 3.35. The molecule has 0 heterocycles. The predicted octanol–water partition coefficient (Wildman–Crippen LogP) is 3.31. The van der Waals surface area contributed by atoms with Crippen molar-refractivity contribution in [1.29, 1.82) is 0 Å². The van der Waals surface area contributed by atoms with Crippen LogP contribution in [0.1, 0.15) is 12.0 Å². The zero-order valence-electron chi connectivity index (χ0n) is 8.34. The van der Waals surface area contributed by atoms with Crippen LogP contribution in [0.15, 0.2) is 18.2 Å². The fourth-order valence-corrected chi connectivity index (χ4v) is 1.27. The van der Waals surface area contributed by atoms with E-state index in [2.05, 4.69) is 17.4 Å². The van der Waals surface area contributed by atoms with E-state index in [0.717, 1.165) is 6.42 Å². The molecule has 0 fully saturated rings. The zero-order chi connectivity index (χ0) is 11.3. The van der Waals surface area contributed by atoms with Crippen LogP contribution in [0, 0.1) is 11.6 Å². The van der Waals surface area contributed by atoms with E-state index in [9.17, 15) is 8.78 Å². The summed E-state index contributed by atoms with van der Waals surface area (Å²) in [5.74, 6) is -1.24. The minimum atomic E-state index is -0.953. The van der Waals surface area contributed by atoms with Crippen LogP contribution < -0.4 is 4.74 Å². The molecular weight excluding hydrogens is 218 g/mol. The highest BCUT2D eigenvalue weighted by atomic mass is 32.1. The summed E-state index contributed by atoms with van der Waals surface area (Å²) in [7, 11) is 1.30. The van der Waals surface area contributed by atoms with Crippen LogP contribution in [0.4, 0.5) is 8.78 Å². The quantitative estimate of drug-likeness (QED) is 0.781. The van der Waals surface area contributed by atoms with E-state index in [0.29, 0.717) is 5.75 Å². The summed E-state index contributed by atoms with van der Waals surface area (Å²) in [5, 5.41) is 0. The molecule has 82 valence electrons. The molecule has 0 radical (unpaired) electrons. The highest BCUT2D eigenvalue weighted by Crippen LogP contribution is 2.23. The Morgan fingerprint density at radius 1 is 1.33 bits per heavy atom. The molecule has 0 atom stereocenters. The van der Waals surface area contributed by atoms with Crippen molar-refractivity contribution in [3.63, 3.8) is 0 Å². The van der Waals surface area contributed by atoms with E-state index >= 15 is 0 Å². The number of methoxy groups -OCH3 is 1. The Hall–Kier alpha value is -1.03. The van der Waals surface area contributed by atoms with Crippen LogP contribution in [0.2, 0.25) is 0 Å². The molecule has 4 heteroatoms. The van der Waals surface area contributed by atoms with Gasteiger partial charge in [0.25, 0.3) is 0 Å². The molecule has 1 rings (SSSR count). The van der Waals surface area contributed by atoms with Gasteiger partial charge in [-0.3, -0.25) is 0 Å². The van der Waals surface area contributed by atoms with E-state index in [4.69, 9.17) is 0 Å². The number of hydrogen-bond donors (Lipinski definition) is 1. The average Bonchev–Trinajstić information content (AvgIpc) is 2.25. The van der Waals surface area contributed by atoms with Gasteiger partial charge in [0.15, 0.2) is 11.6 Å². The van der Waals surface area contributed by atoms with E-state index in [1.165, 1.54) is 25.3 Å². The number of halogens is 2. The highest BCUT2D eigenvalue weighted by molar-refractivity contribution is 7.80. The van der Waals surface area contributed by atoms with Crippen molar-refractivity contribution < 1.29 is 13.5 Å². The third-order valence-electron chi connectivity index (χ3n) is 1.89. The van der Waals surface area contributed by atoms with Crippen molar-refractivity contribution >= 4 is 18.7 Å². The summed E-state index contributed by atoms with van der Waals surface area (Å²) in [4.78, 5) is 0. The zero-order valence-corrected chi connectivity index (χ0v) is 9.23. The number of thiol groups is 1. The maximum absolute atomic E-state index is 13.4. The van der Waals surface area contributed by atoms with Crippen molar-refractivity contribution in [1.82, 2.24) is 0 Å². The topological polar surface area (TPSA) is 9.23 Å². The Morgan fingerprint density at radius 3 is 2.67 bits per heavy atom. The third-order valence-corrected chi connectivity index (χ3v) is 2.15. The number of allylic oxidation sites excluding steroid dienone is 1. The molecule has 1 aromatic carbocycles. The molecule has 1 nitrogen and oxygen atoms in total. The summed E-state index contributed by atoms with van der Waals surface area (Å²) >= 11 is 4.01. The summed E-state index contributed by atoms with van der Waals surface area (Å²) in [6, 6.07) is 2.88. The van der Waals surface area contributed by atoms with Gasteiger partial charge in [-0.1, -0.05) is 12.2 Å². The van der Waals surface area contributed by atoms with Gasteiger partial charge in [-0.2, -0.15) is 17.0 Å². The molecule has 15 heavy (non-hydrogen) atoms. The summed E-state index contributed by atoms with van der Waals surface area (Å²) in [6.07, 6.45) is 4.00. The molecule has 0 aliphatic rings. The molecule has 0 N–H and O–H groups in total. The average molecular weight is 230 g/mol. The summed E-state index contributed by atoms with van der Waals surface area (Å²) in [5.41, 5.74) is 0.218. The fraction of sp³-hybridized carbons (Fsp3) is 0.273. The standard InChI is InChI=1S/C11H12F2OS/c1-14-9-6-5-8(4-2-3-7-15)10(12)11(9)13/h2,4-6,15H,3,7H2,1H3. The molecule has 0 unspecified atom stereocenters. The van der Waals surface area contributed by atoms with E-state index < -0.39 is 11.6 Å². The SMILES string of the molecule is COc1ccc(C=CCCS)c(F)c1F. The van der Waals surface area contributed by atoms with Crippen molar-refractivity contribution in [2.24, 2.45) is 0 Å². The first-order valence-electron chi connectivity index (χ1n) is 4.50. The van der Waals surface area contributed by atoms with Crippen LogP contribution in [0.25, 0.3) is 6.08 Å². The highest BCUT2D eigenvalue weighted by Gasteiger charge is 2.11. The molecule has 0 saturated heterocycles. The molecule has 0 bridgehead atoms. The van der Waals surface area contributed by atoms with Crippen molar-refractivity contribution in [2.75, 3.05) is 12.9 Å². The smallest absolute Gasteiger partial charge is 0.201 e. The Bertz CT molecular complexity index is 364. The summed E-state index contributed by atoms with van der Waals surface area (Å²) in [6.45, 7) is 0. The second kappa shape index (κ2) is 5.75. The van der Waals surface area contributed by atoms with E-state index in [-0.39, 0.29) is 11.3 Å². The monoisotopic (exact) mass is 230 g/mol. The molecule has 0 aliphatic carbocycles. The first kappa shape index (κ1) is 12.0. The maximum atomic E-state index is 13.4. The van der Waals surface area contributed by atoms with Crippen molar-refractivity contribution in [2.45, 2.75) is 6.42 Å². The Labute approximate surface area is 93.2 Å². The normalized spacial score (nSPS) is 10.9. The molecule has 0 aliphatic heterocycles. The third kappa shape index (κ3) is 2.96. The number of benzene rings is 1. The maximum Gasteiger partial charge on any atom is 0.201 e. The second-order valence-electron chi connectivity index (χ2n) is 2.90. The predicted molar refractivity (Wildman–Crippen MR) is 60.4 cm³/mol. The molecule has 0 aromatic heterocycles. The van der Waals surface area contributed by atoms with Gasteiger partial charge in [-0.15, -0.1) is 0 Å². The Kier molecular flexibility index (Phi) is 4.62. The molecule has 0 amide bonds. The lowest BCUT2D eigenvalue weighted by Gasteiger charge is -2.04. The van der Waals surface area contributed by atoms with Gasteiger partial charge < -0.3 is 4.74 Å². The van der Waals surface area contributed by atoms with E-state index in [1.807, 2.05) is 0 Å². The van der Waals surface area contributed by atoms with Gasteiger partial charge in [-0.05, 0) is 24.3 Å². The molecule has 0 spiro atoms. The number of hydrogen-bond acceptors (Lipinski definition) is 2. The molecule has 1 aromatic rings. The van der Waals surface area contributed by atoms with Gasteiger partial charge in [0.05, 0.1) is 7.11 Å². The van der Waals surface area contributed by atoms with Gasteiger partial charge >= 0.3 is 0 Å². The van der Waals surface area contributed by atoms with Crippen LogP contribution in [-0.2, 0) is 0 Å². The van der Waals surface area contributed by atoms with E-state index in [1.54, 1.807) is 6.08 Å². The van der Waals surface area contributed by atoms with Gasteiger partial charge in [0, 0.05) is 5.56 Å². The summed E-state index contributed by atoms with van der Waals surface area (Å²) < 4.78 is 31.2.